The van der Waals surface area contributed by atoms with Gasteiger partial charge in [-0.3, -0.25) is 4.79 Å². The second kappa shape index (κ2) is 9.61. The molecule has 2 aromatic carbocycles. The molecule has 0 spiro atoms. The summed E-state index contributed by atoms with van der Waals surface area (Å²) in [6.07, 6.45) is 1.08. The second-order valence-corrected chi connectivity index (χ2v) is 9.29. The van der Waals surface area contributed by atoms with E-state index in [4.69, 9.17) is 4.74 Å². The zero-order valence-electron chi connectivity index (χ0n) is 18.9. The molecule has 6 nitrogen and oxygen atoms in total. The summed E-state index contributed by atoms with van der Waals surface area (Å²) in [5, 5.41) is 24.7. The number of fused-ring (bicyclic) bond motifs is 1. The second-order valence-electron chi connectivity index (χ2n) is 9.29. The molecule has 32 heavy (non-hydrogen) atoms. The van der Waals surface area contributed by atoms with Crippen LogP contribution < -0.4 is 10.1 Å². The minimum Gasteiger partial charge on any atom is -0.492 e. The predicted molar refractivity (Wildman–Crippen MR) is 124 cm³/mol. The largest absolute Gasteiger partial charge is 0.492 e. The Morgan fingerprint density at radius 2 is 1.94 bits per heavy atom. The van der Waals surface area contributed by atoms with Gasteiger partial charge in [0.2, 0.25) is 0 Å². The van der Waals surface area contributed by atoms with E-state index in [1.807, 2.05) is 67.4 Å². The molecule has 172 valence electrons. The van der Waals surface area contributed by atoms with E-state index in [0.717, 1.165) is 24.9 Å². The smallest absolute Gasteiger partial charge is 0.254 e. The van der Waals surface area contributed by atoms with Gasteiger partial charge in [0, 0.05) is 23.6 Å². The number of benzene rings is 2. The van der Waals surface area contributed by atoms with Crippen molar-refractivity contribution in [2.45, 2.75) is 56.9 Å². The van der Waals surface area contributed by atoms with Crippen LogP contribution in [0.15, 0.2) is 54.6 Å². The molecule has 1 aliphatic heterocycles. The minimum absolute atomic E-state index is 0.0600. The molecule has 0 radical (unpaired) electrons. The van der Waals surface area contributed by atoms with Crippen molar-refractivity contribution in [3.8, 4) is 5.75 Å². The minimum atomic E-state index is -0.866. The molecule has 1 saturated heterocycles. The first-order chi connectivity index (χ1) is 15.5. The van der Waals surface area contributed by atoms with Gasteiger partial charge in [-0.2, -0.15) is 0 Å². The number of carbonyl (C=O) groups is 1. The van der Waals surface area contributed by atoms with Crippen molar-refractivity contribution in [3.05, 3.63) is 65.7 Å². The van der Waals surface area contributed by atoms with E-state index < -0.39 is 17.6 Å². The molecular weight excluding hydrogens is 404 g/mol. The third-order valence-corrected chi connectivity index (χ3v) is 7.20. The number of likely N-dealkylation sites (N-methyl/N-ethyl adjacent to an activating group) is 1. The van der Waals surface area contributed by atoms with E-state index in [9.17, 15) is 15.0 Å². The van der Waals surface area contributed by atoms with Crippen molar-refractivity contribution in [1.29, 1.82) is 0 Å². The van der Waals surface area contributed by atoms with Crippen molar-refractivity contribution in [2.24, 2.45) is 5.41 Å². The molecule has 6 heteroatoms. The summed E-state index contributed by atoms with van der Waals surface area (Å²) in [5.41, 5.74) is 1.06. The SMILES string of the molecule is CNCCOc1cccc(C(=O)N2[C@@H](c3ccccc3)C[C@@]3(C)[C@@H](O)[C@H](O)CCC[C@@H]23)c1. The van der Waals surface area contributed by atoms with Crippen LogP contribution in [-0.4, -0.2) is 59.5 Å². The lowest BCUT2D eigenvalue weighted by atomic mass is 9.74. The Morgan fingerprint density at radius 1 is 1.16 bits per heavy atom. The van der Waals surface area contributed by atoms with Crippen LogP contribution in [0.2, 0.25) is 0 Å². The number of nitrogens with one attached hydrogen (secondary N) is 1. The number of aliphatic hydroxyl groups excluding tert-OH is 2. The van der Waals surface area contributed by atoms with E-state index in [-0.39, 0.29) is 18.0 Å². The van der Waals surface area contributed by atoms with Gasteiger partial charge in [-0.05, 0) is 56.5 Å². The number of aliphatic hydroxyl groups is 2. The lowest BCUT2D eigenvalue weighted by molar-refractivity contribution is -0.0612. The Balaban J connectivity index is 1.70. The highest BCUT2D eigenvalue weighted by molar-refractivity contribution is 5.95. The molecule has 0 bridgehead atoms. The summed E-state index contributed by atoms with van der Waals surface area (Å²) in [7, 11) is 1.87. The van der Waals surface area contributed by atoms with Crippen molar-refractivity contribution < 1.29 is 19.7 Å². The number of hydrogen-bond acceptors (Lipinski definition) is 5. The van der Waals surface area contributed by atoms with Crippen molar-refractivity contribution in [2.75, 3.05) is 20.2 Å². The van der Waals surface area contributed by atoms with Crippen LogP contribution in [0.4, 0.5) is 0 Å². The summed E-state index contributed by atoms with van der Waals surface area (Å²) in [6.45, 7) is 3.27. The third kappa shape index (κ3) is 4.27. The highest BCUT2D eigenvalue weighted by atomic mass is 16.5. The summed E-state index contributed by atoms with van der Waals surface area (Å²) in [4.78, 5) is 15.9. The molecule has 0 aromatic heterocycles. The van der Waals surface area contributed by atoms with Crippen LogP contribution in [-0.2, 0) is 0 Å². The number of nitrogens with zero attached hydrogens (tertiary/aromatic N) is 1. The Bertz CT molecular complexity index is 921. The van der Waals surface area contributed by atoms with E-state index in [1.165, 1.54) is 0 Å². The van der Waals surface area contributed by atoms with Crippen LogP contribution in [0.1, 0.15) is 54.6 Å². The van der Waals surface area contributed by atoms with Gasteiger partial charge in [-0.1, -0.05) is 43.3 Å². The number of hydrogen-bond donors (Lipinski definition) is 3. The zero-order valence-corrected chi connectivity index (χ0v) is 18.9. The Kier molecular flexibility index (Phi) is 6.84. The van der Waals surface area contributed by atoms with Gasteiger partial charge >= 0.3 is 0 Å². The van der Waals surface area contributed by atoms with Gasteiger partial charge in [0.15, 0.2) is 0 Å². The first kappa shape index (κ1) is 22.8. The van der Waals surface area contributed by atoms with E-state index >= 15 is 0 Å². The van der Waals surface area contributed by atoms with Crippen LogP contribution >= 0.6 is 0 Å². The molecule has 2 aromatic rings. The standard InChI is InChI=1S/C26H34N2O4/c1-26-17-21(18-8-4-3-5-9-18)28(23(26)13-7-12-22(29)24(26)30)25(31)19-10-6-11-20(16-19)32-15-14-27-2/h3-6,8-11,16,21-24,27,29-30H,7,12-15,17H2,1-2H3/t21-,22-,23-,24+,26-/m1/s1. The quantitative estimate of drug-likeness (QED) is 0.604. The molecule has 0 unspecified atom stereocenters. The molecule has 2 aliphatic rings. The first-order valence-electron chi connectivity index (χ1n) is 11.6. The molecular formula is C26H34N2O4. The Morgan fingerprint density at radius 3 is 2.69 bits per heavy atom. The monoisotopic (exact) mass is 438 g/mol. The molecule has 1 aliphatic carbocycles. The topological polar surface area (TPSA) is 82.0 Å². The summed E-state index contributed by atoms with van der Waals surface area (Å²) >= 11 is 0. The van der Waals surface area contributed by atoms with E-state index in [2.05, 4.69) is 5.32 Å². The maximum absolute atomic E-state index is 13.9. The fourth-order valence-electron chi connectivity index (χ4n) is 5.47. The number of amides is 1. The molecule has 1 saturated carbocycles. The number of likely N-dealkylation sites (tertiary alicyclic amines) is 1. The van der Waals surface area contributed by atoms with E-state index in [1.54, 1.807) is 6.07 Å². The van der Waals surface area contributed by atoms with Crippen LogP contribution in [0.5, 0.6) is 5.75 Å². The average Bonchev–Trinajstić information content (AvgIpc) is 3.07. The highest BCUT2D eigenvalue weighted by Gasteiger charge is 2.57. The van der Waals surface area contributed by atoms with Gasteiger partial charge < -0.3 is 25.2 Å². The Hall–Kier alpha value is -2.41. The van der Waals surface area contributed by atoms with Gasteiger partial charge in [-0.15, -0.1) is 0 Å². The van der Waals surface area contributed by atoms with Crippen LogP contribution in [0.25, 0.3) is 0 Å². The highest BCUT2D eigenvalue weighted by Crippen LogP contribution is 2.53. The van der Waals surface area contributed by atoms with Crippen molar-refractivity contribution in [1.82, 2.24) is 10.2 Å². The number of ether oxygens (including phenoxy) is 1. The number of rotatable bonds is 6. The predicted octanol–water partition coefficient (Wildman–Crippen LogP) is 3.15. The summed E-state index contributed by atoms with van der Waals surface area (Å²) in [6, 6.07) is 17.0. The lowest BCUT2D eigenvalue weighted by Gasteiger charge is -2.38. The van der Waals surface area contributed by atoms with Gasteiger partial charge in [0.05, 0.1) is 18.2 Å². The van der Waals surface area contributed by atoms with Crippen molar-refractivity contribution >= 4 is 5.91 Å². The fraction of sp³-hybridized carbons (Fsp3) is 0.500. The van der Waals surface area contributed by atoms with Crippen LogP contribution in [0.3, 0.4) is 0 Å². The maximum Gasteiger partial charge on any atom is 0.254 e. The maximum atomic E-state index is 13.9. The first-order valence-corrected chi connectivity index (χ1v) is 11.6. The zero-order chi connectivity index (χ0) is 22.7. The molecule has 1 amide bonds. The lowest BCUT2D eigenvalue weighted by Crippen LogP contribution is -2.49. The van der Waals surface area contributed by atoms with Gasteiger partial charge in [0.1, 0.15) is 12.4 Å². The normalized spacial score (nSPS) is 29.9. The molecule has 3 N–H and O–H groups in total. The molecule has 4 rings (SSSR count). The summed E-state index contributed by atoms with van der Waals surface area (Å²) in [5.74, 6) is 0.607. The molecule has 5 atom stereocenters. The third-order valence-electron chi connectivity index (χ3n) is 7.20. The number of carbonyl (C=O) groups excluding carboxylic acids is 1. The van der Waals surface area contributed by atoms with Crippen molar-refractivity contribution in [3.63, 3.8) is 0 Å². The van der Waals surface area contributed by atoms with Crippen LogP contribution in [0, 0.1) is 5.41 Å². The van der Waals surface area contributed by atoms with Gasteiger partial charge in [-0.25, -0.2) is 0 Å². The van der Waals surface area contributed by atoms with Gasteiger partial charge in [0.25, 0.3) is 5.91 Å². The van der Waals surface area contributed by atoms with E-state index in [0.29, 0.717) is 30.8 Å². The molecule has 1 heterocycles. The Labute approximate surface area is 190 Å². The molecule has 2 fully saturated rings. The fourth-order valence-corrected chi connectivity index (χ4v) is 5.47. The average molecular weight is 439 g/mol. The summed E-state index contributed by atoms with van der Waals surface area (Å²) < 4.78 is 5.78.